The van der Waals surface area contributed by atoms with E-state index in [1.807, 2.05) is 0 Å². The van der Waals surface area contributed by atoms with E-state index in [0.29, 0.717) is 18.5 Å². The minimum atomic E-state index is -0.873. The number of hydrogen-bond acceptors (Lipinski definition) is 2. The molecule has 0 aliphatic carbocycles. The molecular formula is C13H18F2N2O. The summed E-state index contributed by atoms with van der Waals surface area (Å²) in [7, 11) is 0. The summed E-state index contributed by atoms with van der Waals surface area (Å²) in [6.45, 7) is 3.91. The highest BCUT2D eigenvalue weighted by molar-refractivity contribution is 5.77. The molecule has 1 rings (SSSR count). The fraction of sp³-hybridized carbons (Fsp3) is 0.462. The van der Waals surface area contributed by atoms with Crippen LogP contribution in [0.5, 0.6) is 0 Å². The van der Waals surface area contributed by atoms with Gasteiger partial charge in [-0.3, -0.25) is 4.79 Å². The molecule has 0 bridgehead atoms. The van der Waals surface area contributed by atoms with E-state index in [9.17, 15) is 13.6 Å². The molecule has 0 aromatic heterocycles. The Bertz CT molecular complexity index is 427. The Morgan fingerprint density at radius 3 is 2.56 bits per heavy atom. The lowest BCUT2D eigenvalue weighted by atomic mass is 10.0. The molecule has 0 saturated heterocycles. The highest BCUT2D eigenvalue weighted by Gasteiger charge is 2.15. The van der Waals surface area contributed by atoms with Gasteiger partial charge in [-0.15, -0.1) is 0 Å². The molecule has 1 aromatic carbocycles. The first-order valence-corrected chi connectivity index (χ1v) is 5.77. The molecule has 0 heterocycles. The number of halogens is 2. The van der Waals surface area contributed by atoms with Gasteiger partial charge in [0.15, 0.2) is 11.6 Å². The molecule has 0 atom stereocenters. The second-order valence-corrected chi connectivity index (χ2v) is 5.01. The van der Waals surface area contributed by atoms with Crippen LogP contribution in [0, 0.1) is 11.6 Å². The lowest BCUT2D eigenvalue weighted by molar-refractivity contribution is -0.121. The zero-order valence-corrected chi connectivity index (χ0v) is 10.6. The van der Waals surface area contributed by atoms with Gasteiger partial charge in [0.25, 0.3) is 0 Å². The number of nitrogens with two attached hydrogens (primary N) is 1. The summed E-state index contributed by atoms with van der Waals surface area (Å²) < 4.78 is 25.6. The number of rotatable bonds is 5. The number of amides is 1. The molecule has 0 saturated carbocycles. The summed E-state index contributed by atoms with van der Waals surface area (Å²) in [5, 5.41) is 2.69. The molecule has 1 aromatic rings. The monoisotopic (exact) mass is 256 g/mol. The number of nitrogens with one attached hydrogen (secondary N) is 1. The highest BCUT2D eigenvalue weighted by atomic mass is 19.2. The van der Waals surface area contributed by atoms with Gasteiger partial charge in [0.1, 0.15) is 0 Å². The minimum Gasteiger partial charge on any atom is -0.356 e. The topological polar surface area (TPSA) is 55.1 Å². The predicted molar refractivity (Wildman–Crippen MR) is 66.0 cm³/mol. The van der Waals surface area contributed by atoms with Crippen LogP contribution in [-0.4, -0.2) is 18.0 Å². The smallest absolute Gasteiger partial charge is 0.221 e. The summed E-state index contributed by atoms with van der Waals surface area (Å²) in [5.74, 6) is -1.89. The quantitative estimate of drug-likeness (QED) is 0.843. The predicted octanol–water partition coefficient (Wildman–Crippen LogP) is 1.75. The normalized spacial score (nSPS) is 11.4. The lowest BCUT2D eigenvalue weighted by Crippen LogP contribution is -2.39. The van der Waals surface area contributed by atoms with Gasteiger partial charge < -0.3 is 11.1 Å². The maximum Gasteiger partial charge on any atom is 0.221 e. The van der Waals surface area contributed by atoms with Crippen LogP contribution < -0.4 is 11.1 Å². The molecule has 5 heteroatoms. The van der Waals surface area contributed by atoms with Crippen LogP contribution in [0.15, 0.2) is 18.2 Å². The molecule has 0 spiro atoms. The van der Waals surface area contributed by atoms with Crippen LogP contribution in [-0.2, 0) is 11.2 Å². The van der Waals surface area contributed by atoms with Crippen LogP contribution in [0.25, 0.3) is 0 Å². The van der Waals surface area contributed by atoms with Crippen molar-refractivity contribution in [3.63, 3.8) is 0 Å². The Morgan fingerprint density at radius 2 is 2.00 bits per heavy atom. The third kappa shape index (κ3) is 5.23. The van der Waals surface area contributed by atoms with Gasteiger partial charge in [0, 0.05) is 18.5 Å². The van der Waals surface area contributed by atoms with Crippen molar-refractivity contribution in [2.75, 3.05) is 6.54 Å². The van der Waals surface area contributed by atoms with Gasteiger partial charge in [0.2, 0.25) is 5.91 Å². The van der Waals surface area contributed by atoms with Crippen molar-refractivity contribution in [1.82, 2.24) is 5.32 Å². The second kappa shape index (κ2) is 5.91. The molecule has 0 unspecified atom stereocenters. The van der Waals surface area contributed by atoms with E-state index in [1.165, 1.54) is 6.07 Å². The lowest BCUT2D eigenvalue weighted by Gasteiger charge is -2.17. The fourth-order valence-electron chi connectivity index (χ4n) is 1.52. The SMILES string of the molecule is CC(C)(N)CC(=O)NCCc1ccc(F)c(F)c1. The van der Waals surface area contributed by atoms with E-state index in [2.05, 4.69) is 5.32 Å². The first-order chi connectivity index (χ1) is 8.28. The summed E-state index contributed by atoms with van der Waals surface area (Å²) >= 11 is 0. The fourth-order valence-corrected chi connectivity index (χ4v) is 1.52. The second-order valence-electron chi connectivity index (χ2n) is 5.01. The van der Waals surface area contributed by atoms with Crippen LogP contribution in [0.3, 0.4) is 0 Å². The van der Waals surface area contributed by atoms with Gasteiger partial charge in [-0.2, -0.15) is 0 Å². The molecule has 3 N–H and O–H groups in total. The molecule has 0 radical (unpaired) electrons. The Labute approximate surface area is 105 Å². The first-order valence-electron chi connectivity index (χ1n) is 5.77. The van der Waals surface area contributed by atoms with Crippen molar-refractivity contribution >= 4 is 5.91 Å². The van der Waals surface area contributed by atoms with Crippen LogP contribution >= 0.6 is 0 Å². The van der Waals surface area contributed by atoms with Crippen molar-refractivity contribution in [1.29, 1.82) is 0 Å². The van der Waals surface area contributed by atoms with Gasteiger partial charge in [0.05, 0.1) is 0 Å². The minimum absolute atomic E-state index is 0.148. The van der Waals surface area contributed by atoms with Gasteiger partial charge in [-0.25, -0.2) is 8.78 Å². The number of benzene rings is 1. The highest BCUT2D eigenvalue weighted by Crippen LogP contribution is 2.09. The van der Waals surface area contributed by atoms with Crippen LogP contribution in [0.1, 0.15) is 25.8 Å². The Kier molecular flexibility index (Phi) is 4.78. The zero-order chi connectivity index (χ0) is 13.8. The molecule has 100 valence electrons. The molecule has 0 aliphatic rings. The Morgan fingerprint density at radius 1 is 1.33 bits per heavy atom. The molecule has 1 amide bonds. The standard InChI is InChI=1S/C13H18F2N2O/c1-13(2,16)8-12(18)17-6-5-9-3-4-10(14)11(15)7-9/h3-4,7H,5-6,8,16H2,1-2H3,(H,17,18). The number of carbonyl (C=O) groups excluding carboxylic acids is 1. The Balaban J connectivity index is 2.38. The number of carbonyl (C=O) groups is 1. The van der Waals surface area contributed by atoms with E-state index >= 15 is 0 Å². The van der Waals surface area contributed by atoms with Crippen molar-refractivity contribution < 1.29 is 13.6 Å². The summed E-state index contributed by atoms with van der Waals surface area (Å²) in [6, 6.07) is 3.71. The van der Waals surface area contributed by atoms with Gasteiger partial charge in [-0.05, 0) is 38.0 Å². The largest absolute Gasteiger partial charge is 0.356 e. The summed E-state index contributed by atoms with van der Waals surface area (Å²) in [5.41, 5.74) is 5.79. The van der Waals surface area contributed by atoms with Crippen molar-refractivity contribution in [3.05, 3.63) is 35.4 Å². The maximum atomic E-state index is 12.9. The van der Waals surface area contributed by atoms with E-state index in [1.54, 1.807) is 13.8 Å². The van der Waals surface area contributed by atoms with Crippen LogP contribution in [0.2, 0.25) is 0 Å². The van der Waals surface area contributed by atoms with Crippen molar-refractivity contribution in [2.24, 2.45) is 5.73 Å². The van der Waals surface area contributed by atoms with Crippen LogP contribution in [0.4, 0.5) is 8.78 Å². The maximum absolute atomic E-state index is 12.9. The van der Waals surface area contributed by atoms with E-state index in [0.717, 1.165) is 12.1 Å². The van der Waals surface area contributed by atoms with E-state index < -0.39 is 17.2 Å². The third-order valence-corrected chi connectivity index (χ3v) is 2.34. The van der Waals surface area contributed by atoms with Crippen molar-refractivity contribution in [2.45, 2.75) is 32.2 Å². The van der Waals surface area contributed by atoms with Gasteiger partial charge >= 0.3 is 0 Å². The molecule has 18 heavy (non-hydrogen) atoms. The van der Waals surface area contributed by atoms with Gasteiger partial charge in [-0.1, -0.05) is 6.07 Å². The number of hydrogen-bond donors (Lipinski definition) is 2. The molecule has 0 aliphatic heterocycles. The van der Waals surface area contributed by atoms with E-state index in [4.69, 9.17) is 5.73 Å². The summed E-state index contributed by atoms with van der Waals surface area (Å²) in [6.07, 6.45) is 0.679. The molecule has 3 nitrogen and oxygen atoms in total. The average Bonchev–Trinajstić information content (AvgIpc) is 2.20. The van der Waals surface area contributed by atoms with Crippen molar-refractivity contribution in [3.8, 4) is 0 Å². The molecular weight excluding hydrogens is 238 g/mol. The summed E-state index contributed by atoms with van der Waals surface area (Å²) in [4.78, 5) is 11.4. The third-order valence-electron chi connectivity index (χ3n) is 2.34. The first kappa shape index (κ1) is 14.6. The molecule has 0 fully saturated rings. The van der Waals surface area contributed by atoms with E-state index in [-0.39, 0.29) is 12.3 Å². The zero-order valence-electron chi connectivity index (χ0n) is 10.6. The average molecular weight is 256 g/mol. The Hall–Kier alpha value is -1.49.